The van der Waals surface area contributed by atoms with Crippen molar-refractivity contribution >= 4 is 28.8 Å². The van der Waals surface area contributed by atoms with Crippen LogP contribution in [0.3, 0.4) is 0 Å². The number of carbonyl (C=O) groups excluding carboxylic acids is 1. The summed E-state index contributed by atoms with van der Waals surface area (Å²) in [5.41, 5.74) is 1.20. The first-order chi connectivity index (χ1) is 13.0. The standard InChI is InChI=1S/C19H18ClN3O3S/c1-12(10-24)22-18(25)17-6-7-21-23(19(17)26)15-9-16(27-11-15)8-13-2-4-14(20)5-3-13/h2-7,9,11-12,24H,8,10H2,1H3,(H,22,25)/t12-/m0/s1. The molecule has 8 heteroatoms. The van der Waals surface area contributed by atoms with Crippen molar-refractivity contribution in [2.45, 2.75) is 19.4 Å². The van der Waals surface area contributed by atoms with E-state index in [0.29, 0.717) is 17.1 Å². The molecular formula is C19H18ClN3O3S. The lowest BCUT2D eigenvalue weighted by atomic mass is 10.1. The summed E-state index contributed by atoms with van der Waals surface area (Å²) in [5, 5.41) is 18.2. The number of amides is 1. The molecular weight excluding hydrogens is 386 g/mol. The Morgan fingerprint density at radius 3 is 2.78 bits per heavy atom. The molecule has 0 spiro atoms. The molecule has 0 aliphatic rings. The minimum Gasteiger partial charge on any atom is -0.394 e. The van der Waals surface area contributed by atoms with E-state index in [2.05, 4.69) is 10.4 Å². The van der Waals surface area contributed by atoms with Gasteiger partial charge >= 0.3 is 0 Å². The second kappa shape index (κ2) is 8.47. The van der Waals surface area contributed by atoms with E-state index in [-0.39, 0.29) is 12.2 Å². The van der Waals surface area contributed by atoms with E-state index in [9.17, 15) is 9.59 Å². The van der Waals surface area contributed by atoms with E-state index in [1.165, 1.54) is 28.3 Å². The highest BCUT2D eigenvalue weighted by Crippen LogP contribution is 2.21. The molecule has 2 N–H and O–H groups in total. The number of thiophene rings is 1. The van der Waals surface area contributed by atoms with Gasteiger partial charge in [0.25, 0.3) is 11.5 Å². The normalized spacial score (nSPS) is 12.0. The van der Waals surface area contributed by atoms with Gasteiger partial charge in [0.15, 0.2) is 0 Å². The Hall–Kier alpha value is -2.48. The van der Waals surface area contributed by atoms with E-state index < -0.39 is 17.5 Å². The maximum Gasteiger partial charge on any atom is 0.284 e. The van der Waals surface area contributed by atoms with Gasteiger partial charge in [-0.2, -0.15) is 9.78 Å². The SMILES string of the molecule is C[C@@H](CO)NC(=O)c1ccnn(-c2csc(Cc3ccc(Cl)cc3)c2)c1=O. The van der Waals surface area contributed by atoms with Crippen LogP contribution in [0.4, 0.5) is 0 Å². The number of rotatable bonds is 6. The fourth-order valence-electron chi connectivity index (χ4n) is 2.49. The highest BCUT2D eigenvalue weighted by atomic mass is 35.5. The molecule has 3 rings (SSSR count). The topological polar surface area (TPSA) is 84.2 Å². The maximum atomic E-state index is 12.7. The fourth-order valence-corrected chi connectivity index (χ4v) is 3.50. The lowest BCUT2D eigenvalue weighted by Gasteiger charge is -2.10. The van der Waals surface area contributed by atoms with E-state index >= 15 is 0 Å². The minimum atomic E-state index is -0.533. The number of halogens is 1. The van der Waals surface area contributed by atoms with Crippen LogP contribution < -0.4 is 10.9 Å². The van der Waals surface area contributed by atoms with Crippen LogP contribution in [-0.2, 0) is 6.42 Å². The Kier molecular flexibility index (Phi) is 6.05. The Balaban J connectivity index is 1.84. The molecule has 27 heavy (non-hydrogen) atoms. The number of aliphatic hydroxyl groups excluding tert-OH is 1. The van der Waals surface area contributed by atoms with Gasteiger partial charge in [-0.05, 0) is 36.8 Å². The number of benzene rings is 1. The number of aromatic nitrogens is 2. The summed E-state index contributed by atoms with van der Waals surface area (Å²) in [4.78, 5) is 25.9. The van der Waals surface area contributed by atoms with E-state index in [1.807, 2.05) is 35.7 Å². The van der Waals surface area contributed by atoms with Gasteiger partial charge in [-0.25, -0.2) is 0 Å². The van der Waals surface area contributed by atoms with Crippen molar-refractivity contribution in [1.29, 1.82) is 0 Å². The summed E-state index contributed by atoms with van der Waals surface area (Å²) in [7, 11) is 0. The van der Waals surface area contributed by atoms with Crippen LogP contribution in [-0.4, -0.2) is 33.4 Å². The third kappa shape index (κ3) is 4.63. The van der Waals surface area contributed by atoms with Crippen LogP contribution in [0.1, 0.15) is 27.7 Å². The number of hydrogen-bond acceptors (Lipinski definition) is 5. The Labute approximate surface area is 165 Å². The number of aliphatic hydroxyl groups is 1. The molecule has 0 aliphatic carbocycles. The first kappa shape index (κ1) is 19.3. The molecule has 6 nitrogen and oxygen atoms in total. The van der Waals surface area contributed by atoms with E-state index in [0.717, 1.165) is 10.4 Å². The summed E-state index contributed by atoms with van der Waals surface area (Å²) >= 11 is 7.42. The van der Waals surface area contributed by atoms with Gasteiger partial charge in [-0.3, -0.25) is 9.59 Å². The third-order valence-corrected chi connectivity index (χ3v) is 5.09. The van der Waals surface area contributed by atoms with Gasteiger partial charge in [0.05, 0.1) is 12.3 Å². The van der Waals surface area contributed by atoms with Crippen LogP contribution >= 0.6 is 22.9 Å². The molecule has 140 valence electrons. The molecule has 2 aromatic heterocycles. The second-order valence-electron chi connectivity index (χ2n) is 6.09. The highest BCUT2D eigenvalue weighted by molar-refractivity contribution is 7.10. The van der Waals surface area contributed by atoms with Crippen LogP contribution in [0.5, 0.6) is 0 Å². The summed E-state index contributed by atoms with van der Waals surface area (Å²) in [6.07, 6.45) is 2.13. The maximum absolute atomic E-state index is 12.7. The molecule has 3 aromatic rings. The van der Waals surface area contributed by atoms with Crippen molar-refractivity contribution < 1.29 is 9.90 Å². The molecule has 1 aromatic carbocycles. The predicted molar refractivity (Wildman–Crippen MR) is 106 cm³/mol. The smallest absolute Gasteiger partial charge is 0.284 e. The highest BCUT2D eigenvalue weighted by Gasteiger charge is 2.16. The third-order valence-electron chi connectivity index (χ3n) is 3.92. The monoisotopic (exact) mass is 403 g/mol. The molecule has 0 saturated heterocycles. The molecule has 0 fully saturated rings. The van der Waals surface area contributed by atoms with Crippen molar-refractivity contribution in [1.82, 2.24) is 15.1 Å². The second-order valence-corrected chi connectivity index (χ2v) is 7.53. The van der Waals surface area contributed by atoms with Crippen LogP contribution in [0.15, 0.2) is 52.8 Å². The van der Waals surface area contributed by atoms with Gasteiger partial charge in [0.2, 0.25) is 0 Å². The zero-order valence-corrected chi connectivity index (χ0v) is 16.1. The zero-order valence-electron chi connectivity index (χ0n) is 14.6. The van der Waals surface area contributed by atoms with Gasteiger partial charge in [-0.1, -0.05) is 23.7 Å². The molecule has 2 heterocycles. The minimum absolute atomic E-state index is 0.0178. The van der Waals surface area contributed by atoms with Crippen molar-refractivity contribution in [3.63, 3.8) is 0 Å². The van der Waals surface area contributed by atoms with Crippen molar-refractivity contribution in [2.24, 2.45) is 0 Å². The summed E-state index contributed by atoms with van der Waals surface area (Å²) in [5.74, 6) is -0.533. The Morgan fingerprint density at radius 2 is 2.07 bits per heavy atom. The summed E-state index contributed by atoms with van der Waals surface area (Å²) in [6, 6.07) is 10.4. The molecule has 1 atom stereocenters. The summed E-state index contributed by atoms with van der Waals surface area (Å²) < 4.78 is 1.21. The Morgan fingerprint density at radius 1 is 1.33 bits per heavy atom. The molecule has 0 radical (unpaired) electrons. The average Bonchev–Trinajstić information content (AvgIpc) is 3.11. The Bertz CT molecular complexity index is 998. The van der Waals surface area contributed by atoms with E-state index in [1.54, 1.807) is 6.92 Å². The summed E-state index contributed by atoms with van der Waals surface area (Å²) in [6.45, 7) is 1.45. The lowest BCUT2D eigenvalue weighted by molar-refractivity contribution is 0.0920. The van der Waals surface area contributed by atoms with Crippen molar-refractivity contribution in [2.75, 3.05) is 6.61 Å². The molecule has 0 aliphatic heterocycles. The largest absolute Gasteiger partial charge is 0.394 e. The van der Waals surface area contributed by atoms with Gasteiger partial charge in [0.1, 0.15) is 5.56 Å². The fraction of sp³-hybridized carbons (Fsp3) is 0.211. The quantitative estimate of drug-likeness (QED) is 0.662. The molecule has 0 bridgehead atoms. The van der Waals surface area contributed by atoms with Crippen LogP contribution in [0, 0.1) is 0 Å². The number of carbonyl (C=O) groups is 1. The average molecular weight is 404 g/mol. The molecule has 0 unspecified atom stereocenters. The molecule has 1 amide bonds. The molecule has 0 saturated carbocycles. The van der Waals surface area contributed by atoms with Gasteiger partial charge in [0, 0.05) is 33.9 Å². The van der Waals surface area contributed by atoms with Gasteiger partial charge < -0.3 is 10.4 Å². The van der Waals surface area contributed by atoms with Gasteiger partial charge in [-0.15, -0.1) is 11.3 Å². The van der Waals surface area contributed by atoms with E-state index in [4.69, 9.17) is 16.7 Å². The first-order valence-electron chi connectivity index (χ1n) is 8.30. The van der Waals surface area contributed by atoms with Crippen LogP contribution in [0.25, 0.3) is 5.69 Å². The van der Waals surface area contributed by atoms with Crippen molar-refractivity contribution in [3.05, 3.63) is 79.4 Å². The number of hydrogen-bond donors (Lipinski definition) is 2. The van der Waals surface area contributed by atoms with Crippen LogP contribution in [0.2, 0.25) is 5.02 Å². The predicted octanol–water partition coefficient (Wildman–Crippen LogP) is 2.65. The number of nitrogens with one attached hydrogen (secondary N) is 1. The number of nitrogens with zero attached hydrogens (tertiary/aromatic N) is 2. The first-order valence-corrected chi connectivity index (χ1v) is 9.56. The van der Waals surface area contributed by atoms with Crippen molar-refractivity contribution in [3.8, 4) is 5.69 Å². The zero-order chi connectivity index (χ0) is 19.4. The lowest BCUT2D eigenvalue weighted by Crippen LogP contribution is -2.39.